The molecule has 0 bridgehead atoms. The molecule has 0 aliphatic carbocycles. The maximum atomic E-state index is 13.2. The van der Waals surface area contributed by atoms with Gasteiger partial charge in [0.25, 0.3) is 0 Å². The Kier molecular flexibility index (Phi) is 34.4. The van der Waals surface area contributed by atoms with Crippen LogP contribution in [0.25, 0.3) is 0 Å². The van der Waals surface area contributed by atoms with Crippen LogP contribution in [0.5, 0.6) is 0 Å². The summed E-state index contributed by atoms with van der Waals surface area (Å²) in [6.07, 6.45) is 16.4. The number of hydrogen-bond donors (Lipinski definition) is 0. The fraction of sp³-hybridized carbons (Fsp3) is 0.954. The molecule has 72 heavy (non-hydrogen) atoms. The fourth-order valence-corrected chi connectivity index (χ4v) is 11.1. The molecule has 0 saturated heterocycles. The van der Waals surface area contributed by atoms with Gasteiger partial charge in [-0.1, -0.05) is 185 Å². The monoisotopic (exact) mass is 1020 g/mol. The van der Waals surface area contributed by atoms with Crippen LogP contribution in [0.1, 0.15) is 282 Å². The highest BCUT2D eigenvalue weighted by molar-refractivity contribution is 5.70. The summed E-state index contributed by atoms with van der Waals surface area (Å²) >= 11 is 0. The maximum Gasteiger partial charge on any atom is 0.306 e. The number of hydrogen-bond acceptors (Lipinski definition) is 7. The molecule has 0 N–H and O–H groups in total. The SMILES string of the molecule is CC.CC(C)CCC(C(C)C)C(C)(C)C(C)(C)COC(=O)CCCC(C)C(C)CCCC(CCCC(C)(C)C(C)(C)CCCC(=O)OCC(C)(C)C(C)(C)C(CCC(C)C)C(C)C)OC(=O)CCCN(C)C. The highest BCUT2D eigenvalue weighted by Crippen LogP contribution is 2.51. The summed E-state index contributed by atoms with van der Waals surface area (Å²) in [6.45, 7) is 57.1. The van der Waals surface area contributed by atoms with E-state index in [0.717, 1.165) is 77.2 Å². The molecule has 0 fully saturated rings. The van der Waals surface area contributed by atoms with Gasteiger partial charge in [0.05, 0.1) is 13.2 Å². The third-order valence-electron chi connectivity index (χ3n) is 19.1. The Bertz CT molecular complexity index is 1450. The second kappa shape index (κ2) is 34.2. The fourth-order valence-electron chi connectivity index (χ4n) is 11.1. The number of rotatable bonds is 39. The molecule has 0 amide bonds. The second-order valence-corrected chi connectivity index (χ2v) is 28.5. The molecular formula is C65H129NO6. The molecule has 0 rings (SSSR count). The van der Waals surface area contributed by atoms with Crippen molar-refractivity contribution >= 4 is 17.9 Å². The van der Waals surface area contributed by atoms with Gasteiger partial charge in [0.15, 0.2) is 0 Å². The number of ether oxygens (including phenoxy) is 3. The first-order chi connectivity index (χ1) is 32.9. The Labute approximate surface area is 451 Å². The van der Waals surface area contributed by atoms with Gasteiger partial charge in [-0.3, -0.25) is 14.4 Å². The average Bonchev–Trinajstić information content (AvgIpc) is 3.24. The van der Waals surface area contributed by atoms with E-state index in [1.807, 2.05) is 27.9 Å². The first-order valence-corrected chi connectivity index (χ1v) is 30.1. The Morgan fingerprint density at radius 3 is 1.17 bits per heavy atom. The first-order valence-electron chi connectivity index (χ1n) is 30.1. The zero-order valence-electron chi connectivity index (χ0n) is 53.4. The summed E-state index contributed by atoms with van der Waals surface area (Å²) in [5.41, 5.74) is -0.128. The van der Waals surface area contributed by atoms with Gasteiger partial charge in [-0.15, -0.1) is 0 Å². The maximum absolute atomic E-state index is 13.2. The van der Waals surface area contributed by atoms with E-state index in [-0.39, 0.29) is 56.5 Å². The molecule has 0 aliphatic rings. The summed E-state index contributed by atoms with van der Waals surface area (Å²) in [4.78, 5) is 41.5. The van der Waals surface area contributed by atoms with Gasteiger partial charge in [-0.05, 0) is 167 Å². The summed E-state index contributed by atoms with van der Waals surface area (Å²) in [7, 11) is 4.08. The van der Waals surface area contributed by atoms with E-state index in [9.17, 15) is 14.4 Å². The third-order valence-corrected chi connectivity index (χ3v) is 19.1. The van der Waals surface area contributed by atoms with Crippen molar-refractivity contribution in [3.63, 3.8) is 0 Å². The molecule has 5 unspecified atom stereocenters. The van der Waals surface area contributed by atoms with Crippen molar-refractivity contribution in [2.75, 3.05) is 33.9 Å². The first kappa shape index (κ1) is 72.4. The topological polar surface area (TPSA) is 82.1 Å². The van der Waals surface area contributed by atoms with Crippen LogP contribution in [0.3, 0.4) is 0 Å². The molecule has 0 aromatic rings. The Balaban J connectivity index is 0. The smallest absolute Gasteiger partial charge is 0.306 e. The lowest BCUT2D eigenvalue weighted by atomic mass is 9.57. The van der Waals surface area contributed by atoms with Crippen LogP contribution < -0.4 is 0 Å². The van der Waals surface area contributed by atoms with Crippen LogP contribution in [-0.4, -0.2) is 62.8 Å². The molecule has 0 aliphatic heterocycles. The molecule has 0 radical (unpaired) electrons. The standard InChI is InChI=1S/C63H123NO6.C2H6/c1-46(2)37-39-53(48(5)6)62(19,20)60(15,16)44-68-55(65)34-26-31-51(10)50(9)30-25-32-52(70-57(67)36-29-43-64(23)24)33-27-41-58(11,12)59(13,14)42-28-35-56(66)69-45-61(17,18)63(21,22)54(49(7)8)40-38-47(3)4;1-2/h46-54H,25-45H2,1-24H3;1-2H3. The molecule has 0 heterocycles. The molecule has 0 spiro atoms. The van der Waals surface area contributed by atoms with Gasteiger partial charge < -0.3 is 19.1 Å². The van der Waals surface area contributed by atoms with Crippen molar-refractivity contribution in [1.29, 1.82) is 0 Å². The quantitative estimate of drug-likeness (QED) is 0.0448. The Morgan fingerprint density at radius 1 is 0.417 bits per heavy atom. The molecule has 0 aromatic heterocycles. The minimum Gasteiger partial charge on any atom is -0.465 e. The average molecular weight is 1020 g/mol. The lowest BCUT2D eigenvalue weighted by Gasteiger charge is -2.48. The summed E-state index contributed by atoms with van der Waals surface area (Å²) < 4.78 is 18.3. The summed E-state index contributed by atoms with van der Waals surface area (Å²) in [5, 5.41) is 0. The van der Waals surface area contributed by atoms with Crippen molar-refractivity contribution in [1.82, 2.24) is 4.90 Å². The predicted octanol–water partition coefficient (Wildman–Crippen LogP) is 18.9. The second-order valence-electron chi connectivity index (χ2n) is 28.5. The van der Waals surface area contributed by atoms with Gasteiger partial charge in [0, 0.05) is 30.1 Å². The van der Waals surface area contributed by atoms with Crippen LogP contribution in [0.2, 0.25) is 0 Å². The number of carbonyl (C=O) groups excluding carboxylic acids is 3. The molecule has 7 heteroatoms. The molecule has 0 aromatic carbocycles. The lowest BCUT2D eigenvalue weighted by molar-refractivity contribution is -0.152. The van der Waals surface area contributed by atoms with E-state index in [2.05, 4.69) is 157 Å². The van der Waals surface area contributed by atoms with Gasteiger partial charge in [-0.25, -0.2) is 0 Å². The van der Waals surface area contributed by atoms with Crippen LogP contribution in [-0.2, 0) is 28.6 Å². The van der Waals surface area contributed by atoms with Gasteiger partial charge >= 0.3 is 17.9 Å². The largest absolute Gasteiger partial charge is 0.465 e. The van der Waals surface area contributed by atoms with Crippen LogP contribution in [0.4, 0.5) is 0 Å². The lowest BCUT2D eigenvalue weighted by Crippen LogP contribution is -2.44. The zero-order chi connectivity index (χ0) is 56.5. The van der Waals surface area contributed by atoms with Crippen LogP contribution >= 0.6 is 0 Å². The zero-order valence-corrected chi connectivity index (χ0v) is 53.4. The molecular weight excluding hydrogens is 891 g/mol. The van der Waals surface area contributed by atoms with Gasteiger partial charge in [0.2, 0.25) is 0 Å². The molecule has 7 nitrogen and oxygen atoms in total. The molecule has 5 atom stereocenters. The van der Waals surface area contributed by atoms with Gasteiger partial charge in [-0.2, -0.15) is 0 Å². The number of carbonyl (C=O) groups is 3. The Morgan fingerprint density at radius 2 is 0.778 bits per heavy atom. The van der Waals surface area contributed by atoms with E-state index in [1.165, 1.54) is 25.7 Å². The van der Waals surface area contributed by atoms with Crippen molar-refractivity contribution in [3.05, 3.63) is 0 Å². The van der Waals surface area contributed by atoms with E-state index in [4.69, 9.17) is 14.2 Å². The van der Waals surface area contributed by atoms with Crippen molar-refractivity contribution in [2.45, 2.75) is 288 Å². The van der Waals surface area contributed by atoms with Crippen molar-refractivity contribution in [3.8, 4) is 0 Å². The highest BCUT2D eigenvalue weighted by Gasteiger charge is 2.46. The van der Waals surface area contributed by atoms with E-state index in [0.29, 0.717) is 79.8 Å². The number of nitrogens with zero attached hydrogens (tertiary/aromatic N) is 1. The van der Waals surface area contributed by atoms with Crippen LogP contribution in [0.15, 0.2) is 0 Å². The minimum atomic E-state index is -0.135. The molecule has 430 valence electrons. The van der Waals surface area contributed by atoms with Crippen molar-refractivity contribution < 1.29 is 28.6 Å². The third kappa shape index (κ3) is 26.9. The van der Waals surface area contributed by atoms with Gasteiger partial charge in [0.1, 0.15) is 6.10 Å². The molecule has 0 saturated carbocycles. The normalized spacial score (nSPS) is 15.4. The number of esters is 3. The minimum absolute atomic E-state index is 0.0214. The predicted molar refractivity (Wildman–Crippen MR) is 312 cm³/mol. The van der Waals surface area contributed by atoms with Crippen molar-refractivity contribution in [2.24, 2.45) is 79.8 Å². The van der Waals surface area contributed by atoms with E-state index in [1.54, 1.807) is 0 Å². The van der Waals surface area contributed by atoms with E-state index < -0.39 is 0 Å². The Hall–Kier alpha value is -1.63. The van der Waals surface area contributed by atoms with E-state index >= 15 is 0 Å². The summed E-state index contributed by atoms with van der Waals surface area (Å²) in [5.74, 6) is 4.42. The highest BCUT2D eigenvalue weighted by atomic mass is 16.5. The summed E-state index contributed by atoms with van der Waals surface area (Å²) in [6, 6.07) is 0. The van der Waals surface area contributed by atoms with Crippen LogP contribution in [0, 0.1) is 79.8 Å².